The largest absolute Gasteiger partial charge is 0.397 e. The van der Waals surface area contributed by atoms with E-state index >= 15 is 0 Å². The van der Waals surface area contributed by atoms with E-state index < -0.39 is 0 Å². The molecule has 1 aromatic heterocycles. The smallest absolute Gasteiger partial charge is 0.177 e. The van der Waals surface area contributed by atoms with Crippen molar-refractivity contribution >= 4 is 27.8 Å². The lowest BCUT2D eigenvalue weighted by molar-refractivity contribution is 0.0685. The summed E-state index contributed by atoms with van der Waals surface area (Å²) in [5.41, 5.74) is 6.61. The van der Waals surface area contributed by atoms with Gasteiger partial charge >= 0.3 is 0 Å². The molecule has 2 N–H and O–H groups in total. The molecule has 0 atom stereocenters. The topological polar surface area (TPSA) is 55.6 Å². The third kappa shape index (κ3) is 3.52. The number of nitrogens with two attached hydrogens (primary N) is 1. The Bertz CT molecular complexity index is 464. The van der Waals surface area contributed by atoms with Crippen molar-refractivity contribution < 1.29 is 9.53 Å². The summed E-state index contributed by atoms with van der Waals surface area (Å²) in [4.78, 5) is 15.0. The summed E-state index contributed by atoms with van der Waals surface area (Å²) in [7, 11) is 2.07. The minimum Gasteiger partial charge on any atom is -0.397 e. The molecule has 0 bridgehead atoms. The molecule has 5 heteroatoms. The number of hydrogen-bond acceptors (Lipinski definition) is 5. The molecule has 1 aliphatic heterocycles. The number of hydrogen-bond donors (Lipinski definition) is 1. The van der Waals surface area contributed by atoms with Gasteiger partial charge in [0.25, 0.3) is 0 Å². The molecule has 0 saturated carbocycles. The average molecular weight is 296 g/mol. The first-order valence-corrected chi connectivity index (χ1v) is 8.03. The van der Waals surface area contributed by atoms with Crippen LogP contribution in [0, 0.1) is 11.8 Å². The van der Waals surface area contributed by atoms with Crippen LogP contribution in [0.5, 0.6) is 0 Å². The Hall–Kier alpha value is -1.07. The summed E-state index contributed by atoms with van der Waals surface area (Å²) >= 11 is 1.51. The maximum Gasteiger partial charge on any atom is 0.177 e. The summed E-state index contributed by atoms with van der Waals surface area (Å²) in [6.45, 7) is 6.54. The maximum atomic E-state index is 12.1. The van der Waals surface area contributed by atoms with Crippen molar-refractivity contribution in [3.63, 3.8) is 0 Å². The second-order valence-corrected chi connectivity index (χ2v) is 6.85. The standard InChI is InChI=1S/C15H24N2O2S/c1-10(2)14(18)15-12(16)8-13(20-15)17(3)9-11-4-6-19-7-5-11/h8,10-11H,4-7,9,16H2,1-3H3. The van der Waals surface area contributed by atoms with Crippen LogP contribution in [0.2, 0.25) is 0 Å². The Balaban J connectivity index is 2.04. The predicted molar refractivity (Wildman–Crippen MR) is 84.7 cm³/mol. The van der Waals surface area contributed by atoms with Crippen LogP contribution in [0.25, 0.3) is 0 Å². The van der Waals surface area contributed by atoms with E-state index in [1.807, 2.05) is 19.9 Å². The van der Waals surface area contributed by atoms with Crippen molar-refractivity contribution in [1.82, 2.24) is 0 Å². The van der Waals surface area contributed by atoms with Crippen molar-refractivity contribution in [2.45, 2.75) is 26.7 Å². The fourth-order valence-electron chi connectivity index (χ4n) is 2.44. The van der Waals surface area contributed by atoms with Gasteiger partial charge < -0.3 is 15.4 Å². The van der Waals surface area contributed by atoms with Crippen LogP contribution < -0.4 is 10.6 Å². The third-order valence-electron chi connectivity index (χ3n) is 3.75. The van der Waals surface area contributed by atoms with Crippen LogP contribution >= 0.6 is 11.3 Å². The summed E-state index contributed by atoms with van der Waals surface area (Å²) in [6, 6.07) is 1.93. The van der Waals surface area contributed by atoms with E-state index in [-0.39, 0.29) is 11.7 Å². The zero-order valence-corrected chi connectivity index (χ0v) is 13.3. The van der Waals surface area contributed by atoms with Crippen LogP contribution in [0.1, 0.15) is 36.4 Å². The summed E-state index contributed by atoms with van der Waals surface area (Å²) in [5, 5.41) is 1.08. The second-order valence-electron chi connectivity index (χ2n) is 5.82. The zero-order chi connectivity index (χ0) is 14.7. The molecule has 4 nitrogen and oxygen atoms in total. The molecular formula is C15H24N2O2S. The lowest BCUT2D eigenvalue weighted by atomic mass is 10.00. The molecule has 0 aromatic carbocycles. The van der Waals surface area contributed by atoms with E-state index in [0.29, 0.717) is 16.5 Å². The molecule has 2 heterocycles. The molecule has 2 rings (SSSR count). The van der Waals surface area contributed by atoms with E-state index in [2.05, 4.69) is 11.9 Å². The van der Waals surface area contributed by atoms with Gasteiger partial charge in [-0.05, 0) is 24.8 Å². The van der Waals surface area contributed by atoms with Crippen molar-refractivity contribution in [3.8, 4) is 0 Å². The second kappa shape index (κ2) is 6.59. The van der Waals surface area contributed by atoms with E-state index in [0.717, 1.165) is 37.6 Å². The third-order valence-corrected chi connectivity index (χ3v) is 5.02. The van der Waals surface area contributed by atoms with Crippen LogP contribution in [0.4, 0.5) is 10.7 Å². The lowest BCUT2D eigenvalue weighted by Crippen LogP contribution is -2.29. The number of nitrogens with zero attached hydrogens (tertiary/aromatic N) is 1. The minimum atomic E-state index is -0.00963. The summed E-state index contributed by atoms with van der Waals surface area (Å²) in [5.74, 6) is 0.796. The van der Waals surface area contributed by atoms with Gasteiger partial charge in [-0.2, -0.15) is 0 Å². The molecule has 1 fully saturated rings. The first-order valence-electron chi connectivity index (χ1n) is 7.21. The molecule has 1 aliphatic rings. The zero-order valence-electron chi connectivity index (χ0n) is 12.5. The van der Waals surface area contributed by atoms with Crippen molar-refractivity contribution in [1.29, 1.82) is 0 Å². The number of rotatable bonds is 5. The normalized spacial score (nSPS) is 16.6. The highest BCUT2D eigenvalue weighted by atomic mass is 32.1. The Labute approximate surface area is 124 Å². The fourth-order valence-corrected chi connectivity index (χ4v) is 3.58. The van der Waals surface area contributed by atoms with Crippen LogP contribution in [0.15, 0.2) is 6.07 Å². The number of anilines is 2. The highest BCUT2D eigenvalue weighted by Crippen LogP contribution is 2.34. The summed E-state index contributed by atoms with van der Waals surface area (Å²) in [6.07, 6.45) is 2.23. The number of Topliss-reactive ketones (excluding diaryl/α,β-unsaturated/α-hetero) is 1. The van der Waals surface area contributed by atoms with Gasteiger partial charge in [0.05, 0.1) is 15.6 Å². The molecule has 0 unspecified atom stereocenters. The molecule has 20 heavy (non-hydrogen) atoms. The quantitative estimate of drug-likeness (QED) is 0.849. The average Bonchev–Trinajstić information content (AvgIpc) is 2.81. The van der Waals surface area contributed by atoms with Gasteiger partial charge in [0, 0.05) is 32.7 Å². The number of ether oxygens (including phenoxy) is 1. The van der Waals surface area contributed by atoms with Gasteiger partial charge in [-0.3, -0.25) is 4.79 Å². The van der Waals surface area contributed by atoms with Gasteiger partial charge in [0.1, 0.15) is 0 Å². The highest BCUT2D eigenvalue weighted by Gasteiger charge is 2.21. The Morgan fingerprint density at radius 3 is 2.75 bits per heavy atom. The van der Waals surface area contributed by atoms with Crippen LogP contribution in [-0.4, -0.2) is 32.6 Å². The molecule has 0 amide bonds. The van der Waals surface area contributed by atoms with Crippen molar-refractivity contribution in [2.75, 3.05) is 37.4 Å². The molecule has 112 valence electrons. The number of thiophene rings is 1. The maximum absolute atomic E-state index is 12.1. The van der Waals surface area contributed by atoms with E-state index in [1.165, 1.54) is 11.3 Å². The Morgan fingerprint density at radius 1 is 1.50 bits per heavy atom. The van der Waals surface area contributed by atoms with Crippen LogP contribution in [0.3, 0.4) is 0 Å². The van der Waals surface area contributed by atoms with E-state index in [1.54, 1.807) is 0 Å². The van der Waals surface area contributed by atoms with Gasteiger partial charge in [0.2, 0.25) is 0 Å². The molecule has 0 radical (unpaired) electrons. The molecule has 1 saturated heterocycles. The number of carbonyl (C=O) groups excluding carboxylic acids is 1. The SMILES string of the molecule is CC(C)C(=O)c1sc(N(C)CC2CCOCC2)cc1N. The number of carbonyl (C=O) groups is 1. The van der Waals surface area contributed by atoms with Crippen molar-refractivity contribution in [3.05, 3.63) is 10.9 Å². The van der Waals surface area contributed by atoms with Crippen LogP contribution in [-0.2, 0) is 4.74 Å². The highest BCUT2D eigenvalue weighted by molar-refractivity contribution is 7.18. The van der Waals surface area contributed by atoms with E-state index in [9.17, 15) is 4.79 Å². The van der Waals surface area contributed by atoms with E-state index in [4.69, 9.17) is 10.5 Å². The van der Waals surface area contributed by atoms with Gasteiger partial charge in [-0.25, -0.2) is 0 Å². The molecule has 0 aliphatic carbocycles. The number of nitrogen functional groups attached to an aromatic ring is 1. The Morgan fingerprint density at radius 2 is 2.15 bits per heavy atom. The first kappa shape index (κ1) is 15.3. The summed E-state index contributed by atoms with van der Waals surface area (Å²) < 4.78 is 5.39. The molecular weight excluding hydrogens is 272 g/mol. The van der Waals surface area contributed by atoms with Gasteiger partial charge in [-0.15, -0.1) is 11.3 Å². The minimum absolute atomic E-state index is 0.00963. The lowest BCUT2D eigenvalue weighted by Gasteiger charge is -2.27. The molecule has 1 aromatic rings. The predicted octanol–water partition coefficient (Wildman–Crippen LogP) is 3.03. The van der Waals surface area contributed by atoms with Gasteiger partial charge in [-0.1, -0.05) is 13.8 Å². The first-order chi connectivity index (χ1) is 9.49. The van der Waals surface area contributed by atoms with Gasteiger partial charge in [0.15, 0.2) is 5.78 Å². The Kier molecular flexibility index (Phi) is 5.05. The monoisotopic (exact) mass is 296 g/mol. The fraction of sp³-hybridized carbons (Fsp3) is 0.667. The van der Waals surface area contributed by atoms with Crippen molar-refractivity contribution in [2.24, 2.45) is 11.8 Å². The molecule has 0 spiro atoms. The number of ketones is 1.